The topological polar surface area (TPSA) is 66.5 Å². The van der Waals surface area contributed by atoms with Gasteiger partial charge < -0.3 is 4.90 Å². The molecule has 0 saturated carbocycles. The summed E-state index contributed by atoms with van der Waals surface area (Å²) in [5, 5.41) is 0. The Kier molecular flexibility index (Phi) is 4.45. The number of amides is 1. The van der Waals surface area contributed by atoms with Crippen LogP contribution in [0.5, 0.6) is 0 Å². The predicted molar refractivity (Wildman–Crippen MR) is 76.9 cm³/mol. The molecule has 1 saturated heterocycles. The van der Waals surface area contributed by atoms with Crippen LogP contribution in [-0.2, 0) is 14.8 Å². The van der Waals surface area contributed by atoms with Crippen LogP contribution < -0.4 is 4.72 Å². The number of nitrogens with one attached hydrogen (secondary N) is 1. The Bertz CT molecular complexity index is 581. The third kappa shape index (κ3) is 3.19. The number of benzene rings is 1. The van der Waals surface area contributed by atoms with Gasteiger partial charge in [0.25, 0.3) is 0 Å². The summed E-state index contributed by atoms with van der Waals surface area (Å²) in [6, 6.07) is 6.82. The number of carbonyl (C=O) groups is 1. The molecule has 1 amide bonds. The third-order valence-corrected chi connectivity index (χ3v) is 5.02. The minimum Gasteiger partial charge on any atom is -0.345 e. The van der Waals surface area contributed by atoms with Gasteiger partial charge in [-0.25, -0.2) is 13.1 Å². The Labute approximate surface area is 120 Å². The molecule has 0 aromatic heterocycles. The number of rotatable bonds is 5. The summed E-state index contributed by atoms with van der Waals surface area (Å²) in [5.41, 5.74) is 1.01. The molecule has 20 heavy (non-hydrogen) atoms. The van der Waals surface area contributed by atoms with Crippen LogP contribution in [0.1, 0.15) is 31.2 Å². The van der Waals surface area contributed by atoms with Crippen molar-refractivity contribution in [2.75, 3.05) is 20.1 Å². The van der Waals surface area contributed by atoms with Gasteiger partial charge in [0.2, 0.25) is 15.9 Å². The molecular formula is C14H20N2O3S. The molecule has 2 rings (SSSR count). The van der Waals surface area contributed by atoms with E-state index in [9.17, 15) is 13.2 Å². The first-order valence-corrected chi connectivity index (χ1v) is 8.26. The van der Waals surface area contributed by atoms with Crippen LogP contribution in [0.4, 0.5) is 0 Å². The smallest absolute Gasteiger partial charge is 0.240 e. The number of carbonyl (C=O) groups excluding carboxylic acids is 1. The normalized spacial score (nSPS) is 19.6. The number of likely N-dealkylation sites (tertiary alicyclic amines) is 1. The number of hydrogen-bond acceptors (Lipinski definition) is 3. The molecule has 0 bridgehead atoms. The molecule has 1 fully saturated rings. The number of nitrogens with zero attached hydrogens (tertiary/aromatic N) is 1. The minimum atomic E-state index is -3.41. The highest BCUT2D eigenvalue weighted by atomic mass is 32.2. The zero-order chi connectivity index (χ0) is 14.8. The molecule has 1 atom stereocenters. The van der Waals surface area contributed by atoms with E-state index in [0.29, 0.717) is 19.5 Å². The summed E-state index contributed by atoms with van der Waals surface area (Å²) < 4.78 is 26.4. The third-order valence-electron chi connectivity index (χ3n) is 3.54. The summed E-state index contributed by atoms with van der Waals surface area (Å²) in [6.45, 7) is 3.05. The van der Waals surface area contributed by atoms with Crippen LogP contribution in [0, 0.1) is 0 Å². The molecule has 1 aromatic carbocycles. The first-order valence-electron chi connectivity index (χ1n) is 6.77. The molecule has 0 radical (unpaired) electrons. The lowest BCUT2D eigenvalue weighted by molar-refractivity contribution is -0.126. The quantitative estimate of drug-likeness (QED) is 0.891. The Balaban J connectivity index is 2.13. The number of sulfonamides is 1. The van der Waals surface area contributed by atoms with Crippen LogP contribution in [-0.4, -0.2) is 39.4 Å². The van der Waals surface area contributed by atoms with E-state index in [1.807, 2.05) is 6.92 Å². The zero-order valence-corrected chi connectivity index (χ0v) is 12.6. The average Bonchev–Trinajstić information content (AvgIpc) is 2.77. The summed E-state index contributed by atoms with van der Waals surface area (Å²) in [7, 11) is -1.62. The fraction of sp³-hybridized carbons (Fsp3) is 0.500. The summed E-state index contributed by atoms with van der Waals surface area (Å²) in [6.07, 6.45) is 1.25. The van der Waals surface area contributed by atoms with Gasteiger partial charge in [-0.3, -0.25) is 4.79 Å². The summed E-state index contributed by atoms with van der Waals surface area (Å²) >= 11 is 0. The maximum Gasteiger partial charge on any atom is 0.240 e. The van der Waals surface area contributed by atoms with Crippen molar-refractivity contribution in [1.29, 1.82) is 0 Å². The van der Waals surface area contributed by atoms with Crippen molar-refractivity contribution in [3.8, 4) is 0 Å². The largest absolute Gasteiger partial charge is 0.345 e. The highest BCUT2D eigenvalue weighted by Gasteiger charge is 2.28. The standard InChI is InChI=1S/C14H20N2O3S/c1-3-8-15-20(18,19)13-6-4-11(5-7-13)12-9-14(17)16(2)10-12/h4-7,12,15H,3,8-10H2,1-2H3. The van der Waals surface area contributed by atoms with Gasteiger partial charge >= 0.3 is 0 Å². The Morgan fingerprint density at radius 3 is 2.45 bits per heavy atom. The number of hydrogen-bond donors (Lipinski definition) is 1. The summed E-state index contributed by atoms with van der Waals surface area (Å²) in [5.74, 6) is 0.296. The van der Waals surface area contributed by atoms with Crippen molar-refractivity contribution in [3.05, 3.63) is 29.8 Å². The lowest BCUT2D eigenvalue weighted by Gasteiger charge is -2.11. The van der Waals surface area contributed by atoms with Crippen LogP contribution in [0.25, 0.3) is 0 Å². The van der Waals surface area contributed by atoms with Gasteiger partial charge in [-0.2, -0.15) is 0 Å². The predicted octanol–water partition coefficient (Wildman–Crippen LogP) is 1.32. The van der Waals surface area contributed by atoms with E-state index in [-0.39, 0.29) is 16.7 Å². The second-order valence-corrected chi connectivity index (χ2v) is 6.91. The van der Waals surface area contributed by atoms with Gasteiger partial charge in [-0.15, -0.1) is 0 Å². The molecule has 6 heteroatoms. The highest BCUT2D eigenvalue weighted by molar-refractivity contribution is 7.89. The fourth-order valence-electron chi connectivity index (χ4n) is 2.33. The van der Waals surface area contributed by atoms with Gasteiger partial charge in [0, 0.05) is 32.5 Å². The van der Waals surface area contributed by atoms with Gasteiger partial charge in [0.05, 0.1) is 4.90 Å². The Morgan fingerprint density at radius 1 is 1.30 bits per heavy atom. The average molecular weight is 296 g/mol. The van der Waals surface area contributed by atoms with Gasteiger partial charge in [-0.1, -0.05) is 19.1 Å². The molecule has 5 nitrogen and oxygen atoms in total. The first-order chi connectivity index (χ1) is 9.44. The van der Waals surface area contributed by atoms with Gasteiger partial charge in [-0.05, 0) is 24.1 Å². The maximum absolute atomic E-state index is 12.0. The molecule has 1 N–H and O–H groups in total. The van der Waals surface area contributed by atoms with Crippen LogP contribution >= 0.6 is 0 Å². The summed E-state index contributed by atoms with van der Waals surface area (Å²) in [4.78, 5) is 13.5. The van der Waals surface area contributed by atoms with Crippen molar-refractivity contribution in [2.24, 2.45) is 0 Å². The van der Waals surface area contributed by atoms with E-state index in [2.05, 4.69) is 4.72 Å². The first kappa shape index (κ1) is 15.0. The van der Waals surface area contributed by atoms with Gasteiger partial charge in [0.15, 0.2) is 0 Å². The van der Waals surface area contributed by atoms with Crippen molar-refractivity contribution >= 4 is 15.9 Å². The maximum atomic E-state index is 12.0. The van der Waals surface area contributed by atoms with Crippen LogP contribution in [0.15, 0.2) is 29.2 Å². The van der Waals surface area contributed by atoms with Crippen LogP contribution in [0.2, 0.25) is 0 Å². The second kappa shape index (κ2) is 5.93. The van der Waals surface area contributed by atoms with E-state index >= 15 is 0 Å². The molecule has 0 aliphatic carbocycles. The van der Waals surface area contributed by atoms with Gasteiger partial charge in [0.1, 0.15) is 0 Å². The molecule has 0 spiro atoms. The van der Waals surface area contributed by atoms with E-state index in [4.69, 9.17) is 0 Å². The van der Waals surface area contributed by atoms with Crippen molar-refractivity contribution in [2.45, 2.75) is 30.6 Å². The molecule has 110 valence electrons. The molecule has 1 unspecified atom stereocenters. The van der Waals surface area contributed by atoms with Crippen molar-refractivity contribution in [3.63, 3.8) is 0 Å². The lowest BCUT2D eigenvalue weighted by atomic mass is 9.98. The van der Waals surface area contributed by atoms with E-state index in [1.54, 1.807) is 36.2 Å². The lowest BCUT2D eigenvalue weighted by Crippen LogP contribution is -2.24. The van der Waals surface area contributed by atoms with Crippen molar-refractivity contribution in [1.82, 2.24) is 9.62 Å². The molecule has 1 aliphatic heterocycles. The molecule has 1 heterocycles. The van der Waals surface area contributed by atoms with Crippen molar-refractivity contribution < 1.29 is 13.2 Å². The molecule has 1 aliphatic rings. The SMILES string of the molecule is CCCNS(=O)(=O)c1ccc(C2CC(=O)N(C)C2)cc1. The fourth-order valence-corrected chi connectivity index (χ4v) is 3.46. The number of likely N-dealkylation sites (N-methyl/N-ethyl adjacent to an activating group) is 1. The second-order valence-electron chi connectivity index (χ2n) is 5.14. The zero-order valence-electron chi connectivity index (χ0n) is 11.8. The highest BCUT2D eigenvalue weighted by Crippen LogP contribution is 2.27. The van der Waals surface area contributed by atoms with E-state index in [1.165, 1.54) is 0 Å². The molecule has 1 aromatic rings. The Morgan fingerprint density at radius 2 is 1.95 bits per heavy atom. The Hall–Kier alpha value is -1.40. The minimum absolute atomic E-state index is 0.135. The van der Waals surface area contributed by atoms with Crippen LogP contribution in [0.3, 0.4) is 0 Å². The molecular weight excluding hydrogens is 276 g/mol. The van der Waals surface area contributed by atoms with E-state index < -0.39 is 10.0 Å². The monoisotopic (exact) mass is 296 g/mol. The van der Waals surface area contributed by atoms with E-state index in [0.717, 1.165) is 12.0 Å².